The predicted molar refractivity (Wildman–Crippen MR) is 111 cm³/mol. The van der Waals surface area contributed by atoms with E-state index in [-0.39, 0.29) is 42.9 Å². The van der Waals surface area contributed by atoms with Crippen LogP contribution in [0.3, 0.4) is 0 Å². The van der Waals surface area contributed by atoms with Gasteiger partial charge in [-0.15, -0.1) is 0 Å². The monoisotopic (exact) mass is 479 g/mol. The maximum Gasteiger partial charge on any atom is 0.419 e. The first-order valence-corrected chi connectivity index (χ1v) is 12.1. The summed E-state index contributed by atoms with van der Waals surface area (Å²) in [5, 5.41) is 6.04. The van der Waals surface area contributed by atoms with Crippen LogP contribution in [0.2, 0.25) is 0 Å². The molecule has 1 saturated heterocycles. The third kappa shape index (κ3) is 5.09. The molecule has 1 aromatic carbocycles. The second-order valence-electron chi connectivity index (χ2n) is 9.05. The number of hydrogen-bond donors (Lipinski definition) is 2. The zero-order valence-corrected chi connectivity index (χ0v) is 19.1. The molecule has 3 rings (SSSR count). The van der Waals surface area contributed by atoms with E-state index < -0.39 is 32.5 Å². The molecule has 11 heteroatoms. The molecule has 32 heavy (non-hydrogen) atoms. The minimum atomic E-state index is -4.99. The van der Waals surface area contributed by atoms with Gasteiger partial charge in [0.15, 0.2) is 0 Å². The van der Waals surface area contributed by atoms with Gasteiger partial charge in [-0.3, -0.25) is 4.79 Å². The van der Waals surface area contributed by atoms with Crippen LogP contribution in [0.1, 0.15) is 38.7 Å². The van der Waals surface area contributed by atoms with Gasteiger partial charge in [0.1, 0.15) is 5.82 Å². The average Bonchev–Trinajstić information content (AvgIpc) is 3.27. The van der Waals surface area contributed by atoms with Crippen LogP contribution in [-0.2, 0) is 21.0 Å². The largest absolute Gasteiger partial charge is 0.419 e. The van der Waals surface area contributed by atoms with Crippen molar-refractivity contribution in [2.24, 2.45) is 17.8 Å². The fourth-order valence-electron chi connectivity index (χ4n) is 4.74. The third-order valence-electron chi connectivity index (χ3n) is 6.40. The minimum absolute atomic E-state index is 0.00995. The van der Waals surface area contributed by atoms with Crippen LogP contribution in [0, 0.1) is 23.6 Å². The molecule has 0 radical (unpaired) electrons. The smallest absolute Gasteiger partial charge is 0.352 e. The molecule has 0 aromatic heterocycles. The summed E-state index contributed by atoms with van der Waals surface area (Å²) in [4.78, 5) is 12.1. The van der Waals surface area contributed by atoms with E-state index in [4.69, 9.17) is 0 Å². The first-order chi connectivity index (χ1) is 14.8. The van der Waals surface area contributed by atoms with Gasteiger partial charge in [0.25, 0.3) is 0 Å². The number of benzene rings is 1. The van der Waals surface area contributed by atoms with Crippen molar-refractivity contribution in [2.45, 2.75) is 56.3 Å². The number of amides is 1. The Morgan fingerprint density at radius 3 is 2.50 bits per heavy atom. The standard InChI is InChI=1S/C21H29F4N3O3S/c1-12(2)8-19(26-3)20(29)27-18-7-4-13-10-28(11-15(13)18)32(30,31)14-5-6-17(22)16(9-14)21(23,24)25/h5-6,9,12-13,15,18-19,26H,4,7-8,10-11H2,1-3H3,(H,27,29)/t13-,15+,18+,19-/m0/s1. The van der Waals surface area contributed by atoms with Crippen LogP contribution in [-0.4, -0.2) is 50.9 Å². The summed E-state index contributed by atoms with van der Waals surface area (Å²) in [6.07, 6.45) is -2.89. The van der Waals surface area contributed by atoms with E-state index in [1.807, 2.05) is 13.8 Å². The van der Waals surface area contributed by atoms with Crippen molar-refractivity contribution in [1.29, 1.82) is 0 Å². The fourth-order valence-corrected chi connectivity index (χ4v) is 6.30. The van der Waals surface area contributed by atoms with Crippen LogP contribution in [0.25, 0.3) is 0 Å². The lowest BCUT2D eigenvalue weighted by Crippen LogP contribution is -2.49. The molecule has 1 saturated carbocycles. The highest BCUT2D eigenvalue weighted by atomic mass is 32.2. The zero-order valence-electron chi connectivity index (χ0n) is 18.2. The highest BCUT2D eigenvalue weighted by Gasteiger charge is 2.47. The number of halogens is 4. The first-order valence-electron chi connectivity index (χ1n) is 10.7. The molecule has 1 amide bonds. The molecule has 2 N–H and O–H groups in total. The maximum atomic E-state index is 13.6. The Bertz CT molecular complexity index is 952. The van der Waals surface area contributed by atoms with Crippen LogP contribution in [0.5, 0.6) is 0 Å². The second-order valence-corrected chi connectivity index (χ2v) is 11.0. The number of rotatable bonds is 7. The molecule has 1 aliphatic heterocycles. The van der Waals surface area contributed by atoms with E-state index in [1.165, 1.54) is 0 Å². The lowest BCUT2D eigenvalue weighted by molar-refractivity contribution is -0.140. The van der Waals surface area contributed by atoms with Crippen LogP contribution < -0.4 is 10.6 Å². The quantitative estimate of drug-likeness (QED) is 0.590. The number of carbonyl (C=O) groups excluding carboxylic acids is 1. The molecule has 0 spiro atoms. The third-order valence-corrected chi connectivity index (χ3v) is 8.23. The number of nitrogens with one attached hydrogen (secondary N) is 2. The number of likely N-dealkylation sites (N-methyl/N-ethyl adjacent to an activating group) is 1. The summed E-state index contributed by atoms with van der Waals surface area (Å²) in [7, 11) is -2.51. The van der Waals surface area contributed by atoms with Crippen molar-refractivity contribution >= 4 is 15.9 Å². The molecular weight excluding hydrogens is 450 g/mol. The Balaban J connectivity index is 1.74. The van der Waals surface area contributed by atoms with E-state index >= 15 is 0 Å². The Morgan fingerprint density at radius 2 is 1.91 bits per heavy atom. The molecule has 2 fully saturated rings. The SMILES string of the molecule is CN[C@@H](CC(C)C)C(=O)N[C@@H]1CC[C@H]2CN(S(=O)(=O)c3ccc(F)c(C(F)(F)F)c3)C[C@H]21. The summed E-state index contributed by atoms with van der Waals surface area (Å²) < 4.78 is 79.8. The van der Waals surface area contributed by atoms with Crippen molar-refractivity contribution in [1.82, 2.24) is 14.9 Å². The molecule has 0 bridgehead atoms. The summed E-state index contributed by atoms with van der Waals surface area (Å²) in [6.45, 7) is 4.30. The van der Waals surface area contributed by atoms with Gasteiger partial charge >= 0.3 is 6.18 Å². The topological polar surface area (TPSA) is 78.5 Å². The normalized spacial score (nSPS) is 25.2. The summed E-state index contributed by atoms with van der Waals surface area (Å²) in [5.74, 6) is -1.44. The Hall–Kier alpha value is -1.72. The molecule has 4 atom stereocenters. The second kappa shape index (κ2) is 9.26. The number of nitrogens with zero attached hydrogens (tertiary/aromatic N) is 1. The lowest BCUT2D eigenvalue weighted by atomic mass is 9.97. The molecule has 1 aliphatic carbocycles. The van der Waals surface area contributed by atoms with Gasteiger partial charge < -0.3 is 10.6 Å². The average molecular weight is 480 g/mol. The molecule has 2 aliphatic rings. The molecule has 6 nitrogen and oxygen atoms in total. The molecule has 1 aromatic rings. The van der Waals surface area contributed by atoms with Crippen molar-refractivity contribution in [3.8, 4) is 0 Å². The van der Waals surface area contributed by atoms with Crippen LogP contribution in [0.15, 0.2) is 23.1 Å². The van der Waals surface area contributed by atoms with E-state index in [2.05, 4.69) is 10.6 Å². The summed E-state index contributed by atoms with van der Waals surface area (Å²) in [5.41, 5.74) is -1.61. The van der Waals surface area contributed by atoms with Crippen molar-refractivity contribution in [3.05, 3.63) is 29.6 Å². The van der Waals surface area contributed by atoms with Crippen molar-refractivity contribution in [2.75, 3.05) is 20.1 Å². The van der Waals surface area contributed by atoms with Crippen molar-refractivity contribution in [3.63, 3.8) is 0 Å². The van der Waals surface area contributed by atoms with Crippen molar-refractivity contribution < 1.29 is 30.8 Å². The van der Waals surface area contributed by atoms with E-state index in [0.717, 1.165) is 16.8 Å². The highest BCUT2D eigenvalue weighted by Crippen LogP contribution is 2.41. The zero-order chi connectivity index (χ0) is 23.8. The van der Waals surface area contributed by atoms with Crippen LogP contribution >= 0.6 is 0 Å². The maximum absolute atomic E-state index is 13.6. The van der Waals surface area contributed by atoms with Gasteiger partial charge in [-0.1, -0.05) is 13.8 Å². The molecule has 180 valence electrons. The van der Waals surface area contributed by atoms with Crippen LogP contribution in [0.4, 0.5) is 17.6 Å². The number of alkyl halides is 3. The molecular formula is C21H29F4N3O3S. The Kier molecular flexibility index (Phi) is 7.21. The van der Waals surface area contributed by atoms with Gasteiger partial charge in [0.2, 0.25) is 15.9 Å². The Labute approximate surface area is 185 Å². The van der Waals surface area contributed by atoms with E-state index in [9.17, 15) is 30.8 Å². The molecule has 1 heterocycles. The Morgan fingerprint density at radius 1 is 1.22 bits per heavy atom. The molecule has 0 unspecified atom stereocenters. The van der Waals surface area contributed by atoms with Gasteiger partial charge in [0.05, 0.1) is 16.5 Å². The number of hydrogen-bond acceptors (Lipinski definition) is 4. The van der Waals surface area contributed by atoms with Gasteiger partial charge in [-0.25, -0.2) is 12.8 Å². The minimum Gasteiger partial charge on any atom is -0.352 e. The van der Waals surface area contributed by atoms with E-state index in [1.54, 1.807) is 7.05 Å². The number of fused-ring (bicyclic) bond motifs is 1. The van der Waals surface area contributed by atoms with Gasteiger partial charge in [0, 0.05) is 19.1 Å². The van der Waals surface area contributed by atoms with Gasteiger partial charge in [-0.05, 0) is 62.3 Å². The summed E-state index contributed by atoms with van der Waals surface area (Å²) in [6, 6.07) is 1.19. The first kappa shape index (κ1) is 24.9. The van der Waals surface area contributed by atoms with Gasteiger partial charge in [-0.2, -0.15) is 17.5 Å². The highest BCUT2D eigenvalue weighted by molar-refractivity contribution is 7.89. The lowest BCUT2D eigenvalue weighted by Gasteiger charge is -2.25. The fraction of sp³-hybridized carbons (Fsp3) is 0.667. The number of carbonyl (C=O) groups is 1. The summed E-state index contributed by atoms with van der Waals surface area (Å²) >= 11 is 0. The van der Waals surface area contributed by atoms with E-state index in [0.29, 0.717) is 30.9 Å². The number of sulfonamides is 1. The predicted octanol–water partition coefficient (Wildman–Crippen LogP) is 2.99.